The van der Waals surface area contributed by atoms with Crippen LogP contribution in [0.5, 0.6) is 0 Å². The zero-order chi connectivity index (χ0) is 9.68. The number of piperidine rings is 1. The highest BCUT2D eigenvalue weighted by Gasteiger charge is 2.19. The summed E-state index contributed by atoms with van der Waals surface area (Å²) < 4.78 is 0. The normalized spacial score (nSPS) is 20.5. The van der Waals surface area contributed by atoms with Crippen LogP contribution in [0.2, 0.25) is 0 Å². The van der Waals surface area contributed by atoms with Gasteiger partial charge in [0.1, 0.15) is 0 Å². The van der Waals surface area contributed by atoms with Gasteiger partial charge in [0.2, 0.25) is 5.91 Å². The molecule has 6 heteroatoms. The zero-order valence-electron chi connectivity index (χ0n) is 8.13. The maximum atomic E-state index is 11.3. The molecule has 1 aliphatic rings. The number of hydrogen-bond acceptors (Lipinski definition) is 3. The van der Waals surface area contributed by atoms with Crippen molar-refractivity contribution < 1.29 is 9.59 Å². The van der Waals surface area contributed by atoms with Crippen LogP contribution in [0.25, 0.3) is 0 Å². The van der Waals surface area contributed by atoms with E-state index in [1.165, 1.54) is 6.92 Å². The summed E-state index contributed by atoms with van der Waals surface area (Å²) >= 11 is 0. The maximum absolute atomic E-state index is 11.3. The standard InChI is InChI=1S/C8H15N3O2.ClH/c1-6(12)10-11-8(13)7-4-2-3-5-9-7;/h7,9H,2-5H2,1H3,(H,10,12)(H,11,13);1H. The Morgan fingerprint density at radius 1 is 1.29 bits per heavy atom. The molecule has 0 aromatic heterocycles. The summed E-state index contributed by atoms with van der Waals surface area (Å²) in [6.07, 6.45) is 3.01. The van der Waals surface area contributed by atoms with Crippen LogP contribution in [-0.4, -0.2) is 24.4 Å². The molecule has 0 aliphatic carbocycles. The summed E-state index contributed by atoms with van der Waals surface area (Å²) in [5, 5.41) is 3.08. The predicted molar refractivity (Wildman–Crippen MR) is 54.8 cm³/mol. The quantitative estimate of drug-likeness (QED) is 0.534. The lowest BCUT2D eigenvalue weighted by atomic mass is 10.0. The van der Waals surface area contributed by atoms with Crippen LogP contribution >= 0.6 is 12.4 Å². The van der Waals surface area contributed by atoms with Crippen LogP contribution in [0.15, 0.2) is 0 Å². The zero-order valence-corrected chi connectivity index (χ0v) is 8.95. The molecular formula is C8H16ClN3O2. The first-order chi connectivity index (χ1) is 6.20. The molecule has 1 rings (SSSR count). The molecule has 0 aromatic carbocycles. The summed E-state index contributed by atoms with van der Waals surface area (Å²) in [7, 11) is 0. The molecule has 14 heavy (non-hydrogen) atoms. The third-order valence-corrected chi connectivity index (χ3v) is 1.99. The Labute approximate surface area is 89.4 Å². The summed E-state index contributed by atoms with van der Waals surface area (Å²) in [4.78, 5) is 21.8. The van der Waals surface area contributed by atoms with Gasteiger partial charge in [0.25, 0.3) is 5.91 Å². The lowest BCUT2D eigenvalue weighted by Gasteiger charge is -2.22. The Morgan fingerprint density at radius 3 is 2.50 bits per heavy atom. The second-order valence-electron chi connectivity index (χ2n) is 3.17. The van der Waals surface area contributed by atoms with Gasteiger partial charge in [-0.1, -0.05) is 6.42 Å². The van der Waals surface area contributed by atoms with Gasteiger partial charge in [0.15, 0.2) is 0 Å². The van der Waals surface area contributed by atoms with Crippen LogP contribution in [-0.2, 0) is 9.59 Å². The molecule has 1 fully saturated rings. The molecule has 0 spiro atoms. The average molecular weight is 222 g/mol. The van der Waals surface area contributed by atoms with E-state index >= 15 is 0 Å². The van der Waals surface area contributed by atoms with Gasteiger partial charge >= 0.3 is 0 Å². The van der Waals surface area contributed by atoms with Crippen molar-refractivity contribution in [1.82, 2.24) is 16.2 Å². The van der Waals surface area contributed by atoms with Gasteiger partial charge < -0.3 is 5.32 Å². The van der Waals surface area contributed by atoms with Crippen LogP contribution in [0.1, 0.15) is 26.2 Å². The van der Waals surface area contributed by atoms with Gasteiger partial charge in [-0.25, -0.2) is 0 Å². The summed E-state index contributed by atoms with van der Waals surface area (Å²) in [6.45, 7) is 2.23. The average Bonchev–Trinajstić information content (AvgIpc) is 2.15. The van der Waals surface area contributed by atoms with Gasteiger partial charge in [-0.15, -0.1) is 12.4 Å². The van der Waals surface area contributed by atoms with Crippen LogP contribution < -0.4 is 16.2 Å². The highest BCUT2D eigenvalue weighted by atomic mass is 35.5. The minimum atomic E-state index is -0.260. The number of hydrogen-bond donors (Lipinski definition) is 3. The molecule has 2 amide bonds. The van der Waals surface area contributed by atoms with Crippen molar-refractivity contribution in [2.75, 3.05) is 6.54 Å². The van der Waals surface area contributed by atoms with Crippen LogP contribution in [0.3, 0.4) is 0 Å². The van der Waals surface area contributed by atoms with Gasteiger partial charge in [-0.3, -0.25) is 20.4 Å². The fourth-order valence-corrected chi connectivity index (χ4v) is 1.31. The second-order valence-corrected chi connectivity index (χ2v) is 3.17. The van der Waals surface area contributed by atoms with E-state index in [9.17, 15) is 9.59 Å². The first-order valence-corrected chi connectivity index (χ1v) is 4.50. The molecule has 3 N–H and O–H groups in total. The van der Waals surface area contributed by atoms with Gasteiger partial charge in [-0.2, -0.15) is 0 Å². The molecule has 0 saturated carbocycles. The van der Waals surface area contributed by atoms with E-state index in [4.69, 9.17) is 0 Å². The number of nitrogens with one attached hydrogen (secondary N) is 3. The van der Waals surface area contributed by atoms with Gasteiger partial charge in [0, 0.05) is 6.92 Å². The van der Waals surface area contributed by atoms with E-state index in [1.54, 1.807) is 0 Å². The van der Waals surface area contributed by atoms with E-state index in [1.807, 2.05) is 0 Å². The molecule has 0 aromatic rings. The fraction of sp³-hybridized carbons (Fsp3) is 0.750. The maximum Gasteiger partial charge on any atom is 0.255 e. The van der Waals surface area contributed by atoms with Gasteiger partial charge in [0.05, 0.1) is 6.04 Å². The Morgan fingerprint density at radius 2 is 2.00 bits per heavy atom. The van der Waals surface area contributed by atoms with E-state index in [0.717, 1.165) is 25.8 Å². The van der Waals surface area contributed by atoms with E-state index < -0.39 is 0 Å². The monoisotopic (exact) mass is 221 g/mol. The number of rotatable bonds is 1. The molecule has 1 atom stereocenters. The van der Waals surface area contributed by atoms with Crippen molar-refractivity contribution >= 4 is 24.2 Å². The van der Waals surface area contributed by atoms with E-state index in [2.05, 4.69) is 16.2 Å². The Kier molecular flexibility index (Phi) is 6.23. The third kappa shape index (κ3) is 4.43. The first kappa shape index (κ1) is 13.2. The summed E-state index contributed by atoms with van der Waals surface area (Å²) in [6, 6.07) is -0.152. The first-order valence-electron chi connectivity index (χ1n) is 4.50. The number of carbonyl (C=O) groups is 2. The molecule has 1 saturated heterocycles. The number of carbonyl (C=O) groups excluding carboxylic acids is 2. The number of hydrazine groups is 1. The van der Waals surface area contributed by atoms with Crippen molar-refractivity contribution in [3.05, 3.63) is 0 Å². The van der Waals surface area contributed by atoms with Crippen molar-refractivity contribution in [2.24, 2.45) is 0 Å². The molecule has 0 radical (unpaired) electrons. The van der Waals surface area contributed by atoms with Gasteiger partial charge in [-0.05, 0) is 19.4 Å². The molecule has 5 nitrogen and oxygen atoms in total. The molecule has 1 aliphatic heterocycles. The van der Waals surface area contributed by atoms with Crippen LogP contribution in [0.4, 0.5) is 0 Å². The lowest BCUT2D eigenvalue weighted by molar-refractivity contribution is -0.129. The topological polar surface area (TPSA) is 70.2 Å². The third-order valence-electron chi connectivity index (χ3n) is 1.99. The largest absolute Gasteiger partial charge is 0.306 e. The molecule has 1 heterocycles. The summed E-state index contributed by atoms with van der Waals surface area (Å²) in [5.41, 5.74) is 4.61. The Balaban J connectivity index is 0.00000169. The Bertz CT molecular complexity index is 205. The fourth-order valence-electron chi connectivity index (χ4n) is 1.31. The predicted octanol–water partition coefficient (Wildman–Crippen LogP) is -0.282. The highest BCUT2D eigenvalue weighted by molar-refractivity contribution is 5.85. The molecule has 0 bridgehead atoms. The number of amides is 2. The van der Waals surface area contributed by atoms with E-state index in [0.29, 0.717) is 0 Å². The van der Waals surface area contributed by atoms with Crippen LogP contribution in [0, 0.1) is 0 Å². The molecular weight excluding hydrogens is 206 g/mol. The summed E-state index contributed by atoms with van der Waals surface area (Å²) in [5.74, 6) is -0.418. The highest BCUT2D eigenvalue weighted by Crippen LogP contribution is 2.06. The number of halogens is 1. The second kappa shape index (κ2) is 6.62. The minimum Gasteiger partial charge on any atom is -0.306 e. The minimum absolute atomic E-state index is 0. The molecule has 82 valence electrons. The van der Waals surface area contributed by atoms with Crippen molar-refractivity contribution in [1.29, 1.82) is 0 Å². The van der Waals surface area contributed by atoms with E-state index in [-0.39, 0.29) is 30.3 Å². The SMILES string of the molecule is CC(=O)NNC(=O)C1CCCCN1.Cl. The van der Waals surface area contributed by atoms with Crippen molar-refractivity contribution in [2.45, 2.75) is 32.2 Å². The lowest BCUT2D eigenvalue weighted by Crippen LogP contribution is -2.51. The smallest absolute Gasteiger partial charge is 0.255 e. The Hall–Kier alpha value is -0.810. The molecule has 1 unspecified atom stereocenters. The van der Waals surface area contributed by atoms with Crippen molar-refractivity contribution in [3.8, 4) is 0 Å². The van der Waals surface area contributed by atoms with Crippen molar-refractivity contribution in [3.63, 3.8) is 0 Å².